The number of benzene rings is 1. The van der Waals surface area contributed by atoms with Crippen molar-refractivity contribution in [1.82, 2.24) is 5.32 Å². The molecule has 3 amide bonds. The van der Waals surface area contributed by atoms with E-state index in [1.165, 1.54) is 0 Å². The molecular weight excluding hydrogens is 230 g/mol. The van der Waals surface area contributed by atoms with Crippen molar-refractivity contribution in [2.45, 2.75) is 13.3 Å². The molecule has 6 heteroatoms. The fourth-order valence-corrected chi connectivity index (χ4v) is 1.73. The summed E-state index contributed by atoms with van der Waals surface area (Å²) in [5, 5.41) is 2.01. The summed E-state index contributed by atoms with van der Waals surface area (Å²) in [6, 6.07) is 1.48. The molecule has 1 aromatic rings. The first kappa shape index (κ1) is 11.5. The lowest BCUT2D eigenvalue weighted by molar-refractivity contribution is -0.120. The van der Waals surface area contributed by atoms with Crippen molar-refractivity contribution in [3.63, 3.8) is 0 Å². The van der Waals surface area contributed by atoms with Crippen molar-refractivity contribution in [3.8, 4) is 0 Å². The Morgan fingerprint density at radius 3 is 2.35 bits per heavy atom. The SMILES string of the molecule is Cc1cc(F)c(N2CCC(=O)NC2=O)c(F)c1. The Morgan fingerprint density at radius 1 is 1.24 bits per heavy atom. The largest absolute Gasteiger partial charge is 0.328 e. The summed E-state index contributed by atoms with van der Waals surface area (Å²) in [7, 11) is 0. The molecule has 1 fully saturated rings. The number of carbonyl (C=O) groups is 2. The Balaban J connectivity index is 2.40. The topological polar surface area (TPSA) is 49.4 Å². The van der Waals surface area contributed by atoms with Gasteiger partial charge in [0.2, 0.25) is 5.91 Å². The molecule has 2 rings (SSSR count). The first-order chi connectivity index (χ1) is 7.99. The zero-order chi connectivity index (χ0) is 12.6. The highest BCUT2D eigenvalue weighted by Crippen LogP contribution is 2.26. The fourth-order valence-electron chi connectivity index (χ4n) is 1.73. The summed E-state index contributed by atoms with van der Waals surface area (Å²) in [5.74, 6) is -2.07. The normalized spacial score (nSPS) is 16.1. The number of hydrogen-bond acceptors (Lipinski definition) is 2. The number of aryl methyl sites for hydroxylation is 1. The molecule has 0 aromatic heterocycles. The van der Waals surface area contributed by atoms with E-state index in [9.17, 15) is 18.4 Å². The van der Waals surface area contributed by atoms with Crippen LogP contribution in [0.2, 0.25) is 0 Å². The number of imide groups is 1. The van der Waals surface area contributed by atoms with Gasteiger partial charge in [0.25, 0.3) is 0 Å². The summed E-state index contributed by atoms with van der Waals surface area (Å²) >= 11 is 0. The number of carbonyl (C=O) groups excluding carboxylic acids is 2. The standard InChI is InChI=1S/C11H10F2N2O2/c1-6-4-7(12)10(8(13)5-6)15-3-2-9(16)14-11(15)17/h4-5H,2-3H2,1H3,(H,14,16,17). The third-order valence-electron chi connectivity index (χ3n) is 2.49. The second-order valence-corrected chi connectivity index (χ2v) is 3.83. The van der Waals surface area contributed by atoms with Crippen LogP contribution in [0.15, 0.2) is 12.1 Å². The lowest BCUT2D eigenvalue weighted by Crippen LogP contribution is -2.50. The average Bonchev–Trinajstić information content (AvgIpc) is 2.19. The molecule has 1 aliphatic heterocycles. The van der Waals surface area contributed by atoms with Gasteiger partial charge < -0.3 is 0 Å². The molecule has 0 bridgehead atoms. The van der Waals surface area contributed by atoms with Gasteiger partial charge in [-0.1, -0.05) is 0 Å². The van der Waals surface area contributed by atoms with Crippen LogP contribution in [0.25, 0.3) is 0 Å². The maximum atomic E-state index is 13.6. The second-order valence-electron chi connectivity index (χ2n) is 3.83. The summed E-state index contributed by atoms with van der Waals surface area (Å²) in [4.78, 5) is 23.3. The predicted molar refractivity (Wildman–Crippen MR) is 56.6 cm³/mol. The molecule has 0 unspecified atom stereocenters. The summed E-state index contributed by atoms with van der Waals surface area (Å²) < 4.78 is 27.2. The number of halogens is 2. The van der Waals surface area contributed by atoms with Crippen LogP contribution < -0.4 is 10.2 Å². The Morgan fingerprint density at radius 2 is 1.82 bits per heavy atom. The van der Waals surface area contributed by atoms with Gasteiger partial charge in [0, 0.05) is 13.0 Å². The van der Waals surface area contributed by atoms with Crippen LogP contribution in [0.5, 0.6) is 0 Å². The molecule has 0 saturated carbocycles. The van der Waals surface area contributed by atoms with Crippen LogP contribution in [-0.2, 0) is 4.79 Å². The predicted octanol–water partition coefficient (Wildman–Crippen LogP) is 1.72. The molecule has 90 valence electrons. The van der Waals surface area contributed by atoms with Crippen LogP contribution in [0.3, 0.4) is 0 Å². The average molecular weight is 240 g/mol. The minimum absolute atomic E-state index is 0.0262. The molecule has 0 atom stereocenters. The van der Waals surface area contributed by atoms with Crippen molar-refractivity contribution in [2.75, 3.05) is 11.4 Å². The van der Waals surface area contributed by atoms with Gasteiger partial charge in [-0.3, -0.25) is 15.0 Å². The first-order valence-electron chi connectivity index (χ1n) is 5.06. The zero-order valence-corrected chi connectivity index (χ0v) is 9.09. The van der Waals surface area contributed by atoms with Gasteiger partial charge in [-0.25, -0.2) is 13.6 Å². The monoisotopic (exact) mass is 240 g/mol. The molecule has 0 aliphatic carbocycles. The lowest BCUT2D eigenvalue weighted by Gasteiger charge is -2.27. The van der Waals surface area contributed by atoms with Crippen LogP contribution in [0.1, 0.15) is 12.0 Å². The second kappa shape index (κ2) is 4.12. The number of nitrogens with zero attached hydrogens (tertiary/aromatic N) is 1. The highest BCUT2D eigenvalue weighted by Gasteiger charge is 2.28. The summed E-state index contributed by atoms with van der Waals surface area (Å²) in [5.41, 5.74) is 0.0119. The van der Waals surface area contributed by atoms with Crippen LogP contribution in [-0.4, -0.2) is 18.5 Å². The number of amides is 3. The van der Waals surface area contributed by atoms with Crippen molar-refractivity contribution >= 4 is 17.6 Å². The summed E-state index contributed by atoms with van der Waals surface area (Å²) in [6.07, 6.45) is 0.0263. The smallest absolute Gasteiger partial charge is 0.288 e. The Hall–Kier alpha value is -1.98. The van der Waals surface area contributed by atoms with E-state index >= 15 is 0 Å². The Labute approximate surface area is 96.2 Å². The van der Waals surface area contributed by atoms with Crippen LogP contribution in [0.4, 0.5) is 19.3 Å². The van der Waals surface area contributed by atoms with E-state index in [-0.39, 0.29) is 13.0 Å². The van der Waals surface area contributed by atoms with E-state index in [4.69, 9.17) is 0 Å². The molecule has 1 aliphatic rings. The van der Waals surface area contributed by atoms with Crippen molar-refractivity contribution in [2.24, 2.45) is 0 Å². The van der Waals surface area contributed by atoms with Gasteiger partial charge >= 0.3 is 6.03 Å². The molecule has 17 heavy (non-hydrogen) atoms. The molecule has 1 saturated heterocycles. The highest BCUT2D eigenvalue weighted by atomic mass is 19.1. The van der Waals surface area contributed by atoms with Gasteiger partial charge in [-0.05, 0) is 24.6 Å². The van der Waals surface area contributed by atoms with Crippen molar-refractivity contribution in [1.29, 1.82) is 0 Å². The number of anilines is 1. The van der Waals surface area contributed by atoms with Crippen molar-refractivity contribution in [3.05, 3.63) is 29.3 Å². The van der Waals surface area contributed by atoms with E-state index in [2.05, 4.69) is 0 Å². The molecule has 1 heterocycles. The van der Waals surface area contributed by atoms with Crippen LogP contribution >= 0.6 is 0 Å². The minimum atomic E-state index is -0.813. The number of hydrogen-bond donors (Lipinski definition) is 1. The van der Waals surface area contributed by atoms with E-state index in [0.717, 1.165) is 17.0 Å². The molecule has 4 nitrogen and oxygen atoms in total. The van der Waals surface area contributed by atoms with E-state index in [1.807, 2.05) is 5.32 Å². The minimum Gasteiger partial charge on any atom is -0.288 e. The lowest BCUT2D eigenvalue weighted by atomic mass is 10.1. The van der Waals surface area contributed by atoms with Gasteiger partial charge in [0.1, 0.15) is 17.3 Å². The fraction of sp³-hybridized carbons (Fsp3) is 0.273. The third kappa shape index (κ3) is 2.11. The van der Waals surface area contributed by atoms with E-state index < -0.39 is 29.3 Å². The van der Waals surface area contributed by atoms with Gasteiger partial charge in [-0.2, -0.15) is 0 Å². The van der Waals surface area contributed by atoms with Crippen molar-refractivity contribution < 1.29 is 18.4 Å². The molecular formula is C11H10F2N2O2. The van der Waals surface area contributed by atoms with E-state index in [0.29, 0.717) is 5.56 Å². The highest BCUT2D eigenvalue weighted by molar-refractivity contribution is 6.05. The quantitative estimate of drug-likeness (QED) is 0.812. The third-order valence-corrected chi connectivity index (χ3v) is 2.49. The van der Waals surface area contributed by atoms with E-state index in [1.54, 1.807) is 6.92 Å². The van der Waals surface area contributed by atoms with Gasteiger partial charge in [0.15, 0.2) is 0 Å². The number of rotatable bonds is 1. The first-order valence-corrected chi connectivity index (χ1v) is 5.06. The number of nitrogens with one attached hydrogen (secondary N) is 1. The molecule has 0 radical (unpaired) electrons. The van der Waals surface area contributed by atoms with Crippen LogP contribution in [0, 0.1) is 18.6 Å². The molecule has 0 spiro atoms. The Kier molecular flexibility index (Phi) is 2.79. The van der Waals surface area contributed by atoms with Gasteiger partial charge in [-0.15, -0.1) is 0 Å². The molecule has 1 N–H and O–H groups in total. The molecule has 1 aromatic carbocycles. The zero-order valence-electron chi connectivity index (χ0n) is 9.09. The maximum Gasteiger partial charge on any atom is 0.328 e. The Bertz CT molecular complexity index is 479. The van der Waals surface area contributed by atoms with Gasteiger partial charge in [0.05, 0.1) is 0 Å². The summed E-state index contributed by atoms with van der Waals surface area (Å²) in [6.45, 7) is 1.53. The number of urea groups is 1. The maximum absolute atomic E-state index is 13.6.